The summed E-state index contributed by atoms with van der Waals surface area (Å²) >= 11 is 1.04. The summed E-state index contributed by atoms with van der Waals surface area (Å²) < 4.78 is 1.66. The van der Waals surface area contributed by atoms with Gasteiger partial charge in [-0.15, -0.1) is 0 Å². The van der Waals surface area contributed by atoms with E-state index in [-0.39, 0.29) is 0 Å². The fourth-order valence-electron chi connectivity index (χ4n) is 1.59. The Morgan fingerprint density at radius 2 is 1.94 bits per heavy atom. The average Bonchev–Trinajstić information content (AvgIpc) is 2.59. The van der Waals surface area contributed by atoms with Crippen molar-refractivity contribution >= 4 is 17.6 Å². The molecule has 0 unspecified atom stereocenters. The molecule has 2 N–H and O–H groups in total. The molecule has 86 valence electrons. The van der Waals surface area contributed by atoms with Crippen molar-refractivity contribution in [3.05, 3.63) is 35.5 Å². The van der Waals surface area contributed by atoms with Gasteiger partial charge in [-0.1, -0.05) is 17.7 Å². The van der Waals surface area contributed by atoms with Crippen molar-refractivity contribution in [2.75, 3.05) is 5.73 Å². The zero-order chi connectivity index (χ0) is 12.4. The van der Waals surface area contributed by atoms with Crippen LogP contribution in [0.25, 0.3) is 5.69 Å². The van der Waals surface area contributed by atoms with Crippen molar-refractivity contribution in [1.82, 2.24) is 9.78 Å². The van der Waals surface area contributed by atoms with Gasteiger partial charge in [0.25, 0.3) is 0 Å². The molecule has 0 spiro atoms. The van der Waals surface area contributed by atoms with Crippen molar-refractivity contribution in [2.45, 2.75) is 18.7 Å². The van der Waals surface area contributed by atoms with Gasteiger partial charge in [-0.25, -0.2) is 4.68 Å². The van der Waals surface area contributed by atoms with E-state index in [4.69, 9.17) is 11.0 Å². The summed E-state index contributed by atoms with van der Waals surface area (Å²) in [7, 11) is 0. The average molecular weight is 244 g/mol. The van der Waals surface area contributed by atoms with E-state index in [1.165, 1.54) is 5.56 Å². The summed E-state index contributed by atoms with van der Waals surface area (Å²) in [5, 5.41) is 15.1. The highest BCUT2D eigenvalue weighted by Crippen LogP contribution is 2.29. The number of benzene rings is 1. The lowest BCUT2D eigenvalue weighted by molar-refractivity contribution is 0.871. The number of nitrogens with two attached hydrogens (primary N) is 1. The van der Waals surface area contributed by atoms with Gasteiger partial charge in [0.05, 0.1) is 16.3 Å². The largest absolute Gasteiger partial charge is 0.383 e. The van der Waals surface area contributed by atoms with Crippen LogP contribution in [0.1, 0.15) is 11.3 Å². The number of aromatic nitrogens is 2. The number of hydrogen-bond donors (Lipinski definition) is 1. The molecule has 1 heterocycles. The van der Waals surface area contributed by atoms with Crippen molar-refractivity contribution in [1.29, 1.82) is 5.26 Å². The minimum atomic E-state index is 0.512. The Labute approximate surface area is 104 Å². The third kappa shape index (κ3) is 2.12. The molecule has 2 rings (SSSR count). The van der Waals surface area contributed by atoms with Crippen LogP contribution in [0.2, 0.25) is 0 Å². The van der Waals surface area contributed by atoms with Crippen LogP contribution in [0.5, 0.6) is 0 Å². The Morgan fingerprint density at radius 3 is 2.53 bits per heavy atom. The van der Waals surface area contributed by atoms with E-state index in [0.717, 1.165) is 28.0 Å². The topological polar surface area (TPSA) is 67.6 Å². The summed E-state index contributed by atoms with van der Waals surface area (Å²) in [5.41, 5.74) is 8.85. The molecule has 0 atom stereocenters. The van der Waals surface area contributed by atoms with Crippen molar-refractivity contribution in [3.63, 3.8) is 0 Å². The minimum absolute atomic E-state index is 0.512. The number of nitrogen functional groups attached to an aromatic ring is 1. The molecule has 0 amide bonds. The predicted octanol–water partition coefficient (Wildman–Crippen LogP) is 2.64. The van der Waals surface area contributed by atoms with Gasteiger partial charge < -0.3 is 5.73 Å². The maximum absolute atomic E-state index is 8.71. The molecule has 0 saturated carbocycles. The highest BCUT2D eigenvalue weighted by molar-refractivity contribution is 8.03. The standard InChI is InChI=1S/C12H12N4S/c1-8-3-5-10(6-4-8)16-12(14)11(17-7-13)9(2)15-16/h3-6H,14H2,1-2H3. The molecule has 0 aliphatic heterocycles. The molecule has 0 fully saturated rings. The molecule has 0 saturated heterocycles. The van der Waals surface area contributed by atoms with Gasteiger partial charge in [-0.2, -0.15) is 10.4 Å². The molecule has 4 nitrogen and oxygen atoms in total. The summed E-state index contributed by atoms with van der Waals surface area (Å²) in [6.07, 6.45) is 0. The SMILES string of the molecule is Cc1ccc(-n2nc(C)c(SC#N)c2N)cc1. The Hall–Kier alpha value is -1.93. The molecule has 5 heteroatoms. The quantitative estimate of drug-likeness (QED) is 0.651. The number of anilines is 1. The summed E-state index contributed by atoms with van der Waals surface area (Å²) in [6, 6.07) is 7.92. The van der Waals surface area contributed by atoms with E-state index >= 15 is 0 Å². The molecule has 1 aromatic carbocycles. The van der Waals surface area contributed by atoms with Crippen LogP contribution in [-0.2, 0) is 0 Å². The van der Waals surface area contributed by atoms with E-state index in [9.17, 15) is 0 Å². The normalized spacial score (nSPS) is 10.2. The third-order valence-electron chi connectivity index (χ3n) is 2.47. The molecule has 17 heavy (non-hydrogen) atoms. The van der Waals surface area contributed by atoms with Gasteiger partial charge in [0.2, 0.25) is 0 Å². The van der Waals surface area contributed by atoms with Crippen LogP contribution >= 0.6 is 11.8 Å². The molecule has 2 aromatic rings. The van der Waals surface area contributed by atoms with Crippen LogP contribution in [0.3, 0.4) is 0 Å². The summed E-state index contributed by atoms with van der Waals surface area (Å²) in [5.74, 6) is 0.512. The van der Waals surface area contributed by atoms with E-state index in [0.29, 0.717) is 5.82 Å². The fourth-order valence-corrected chi connectivity index (χ4v) is 2.06. The molecular weight excluding hydrogens is 232 g/mol. The van der Waals surface area contributed by atoms with Gasteiger partial charge in [-0.05, 0) is 37.7 Å². The maximum atomic E-state index is 8.71. The first-order valence-electron chi connectivity index (χ1n) is 5.11. The molecular formula is C12H12N4S. The van der Waals surface area contributed by atoms with E-state index < -0.39 is 0 Å². The second kappa shape index (κ2) is 4.52. The van der Waals surface area contributed by atoms with Crippen LogP contribution < -0.4 is 5.73 Å². The molecule has 1 aromatic heterocycles. The van der Waals surface area contributed by atoms with Crippen LogP contribution in [0.4, 0.5) is 5.82 Å². The minimum Gasteiger partial charge on any atom is -0.383 e. The van der Waals surface area contributed by atoms with E-state index in [1.54, 1.807) is 4.68 Å². The molecule has 0 radical (unpaired) electrons. The fraction of sp³-hybridized carbons (Fsp3) is 0.167. The molecule has 0 aliphatic carbocycles. The number of nitriles is 1. The number of thioether (sulfide) groups is 1. The Bertz CT molecular complexity index is 578. The van der Waals surface area contributed by atoms with Crippen molar-refractivity contribution in [2.24, 2.45) is 0 Å². The first-order valence-corrected chi connectivity index (χ1v) is 5.93. The lowest BCUT2D eigenvalue weighted by atomic mass is 10.2. The number of nitrogens with zero attached hydrogens (tertiary/aromatic N) is 3. The molecule has 0 aliphatic rings. The highest BCUT2D eigenvalue weighted by atomic mass is 32.2. The van der Waals surface area contributed by atoms with Crippen LogP contribution in [0.15, 0.2) is 29.2 Å². The first kappa shape index (κ1) is 11.6. The second-order valence-electron chi connectivity index (χ2n) is 3.74. The summed E-state index contributed by atoms with van der Waals surface area (Å²) in [6.45, 7) is 3.87. The van der Waals surface area contributed by atoms with Gasteiger partial charge in [0, 0.05) is 0 Å². The summed E-state index contributed by atoms with van der Waals surface area (Å²) in [4.78, 5) is 0.730. The first-order chi connectivity index (χ1) is 8.13. The molecule has 0 bridgehead atoms. The predicted molar refractivity (Wildman–Crippen MR) is 68.9 cm³/mol. The Kier molecular flexibility index (Phi) is 3.07. The van der Waals surface area contributed by atoms with Gasteiger partial charge in [0.1, 0.15) is 11.2 Å². The lowest BCUT2D eigenvalue weighted by Gasteiger charge is -2.04. The van der Waals surface area contributed by atoms with Gasteiger partial charge >= 0.3 is 0 Å². The zero-order valence-corrected chi connectivity index (χ0v) is 10.5. The zero-order valence-electron chi connectivity index (χ0n) is 9.64. The van der Waals surface area contributed by atoms with Crippen molar-refractivity contribution < 1.29 is 0 Å². The second-order valence-corrected chi connectivity index (χ2v) is 4.54. The number of thiocyanates is 1. The highest BCUT2D eigenvalue weighted by Gasteiger charge is 2.13. The van der Waals surface area contributed by atoms with E-state index in [2.05, 4.69) is 5.10 Å². The monoisotopic (exact) mass is 244 g/mol. The maximum Gasteiger partial charge on any atom is 0.142 e. The van der Waals surface area contributed by atoms with Crippen molar-refractivity contribution in [3.8, 4) is 11.1 Å². The third-order valence-corrected chi connectivity index (χ3v) is 3.27. The van der Waals surface area contributed by atoms with E-state index in [1.807, 2.05) is 43.5 Å². The number of rotatable bonds is 2. The lowest BCUT2D eigenvalue weighted by Crippen LogP contribution is -2.01. The van der Waals surface area contributed by atoms with Crippen LogP contribution in [-0.4, -0.2) is 9.78 Å². The number of hydrogen-bond acceptors (Lipinski definition) is 4. The smallest absolute Gasteiger partial charge is 0.142 e. The number of aryl methyl sites for hydroxylation is 2. The van der Waals surface area contributed by atoms with Gasteiger partial charge in [0.15, 0.2) is 0 Å². The van der Waals surface area contributed by atoms with Gasteiger partial charge in [-0.3, -0.25) is 0 Å². The van der Waals surface area contributed by atoms with Crippen LogP contribution in [0, 0.1) is 24.5 Å². The Morgan fingerprint density at radius 1 is 1.29 bits per heavy atom. The Balaban J connectivity index is 2.50.